The second-order valence-corrected chi connectivity index (χ2v) is 6.74. The minimum Gasteiger partial charge on any atom is -0.466 e. The second-order valence-electron chi connectivity index (χ2n) is 6.74. The molecule has 1 fully saturated rings. The quantitative estimate of drug-likeness (QED) is 0.223. The molecular formula is C20H29F3IN3O3. The van der Waals surface area contributed by atoms with Gasteiger partial charge in [-0.2, -0.15) is 8.78 Å². The van der Waals surface area contributed by atoms with Gasteiger partial charge >= 0.3 is 12.6 Å². The van der Waals surface area contributed by atoms with Gasteiger partial charge in [0.25, 0.3) is 0 Å². The molecule has 0 aliphatic heterocycles. The van der Waals surface area contributed by atoms with E-state index in [1.54, 1.807) is 6.92 Å². The number of halogens is 4. The van der Waals surface area contributed by atoms with E-state index >= 15 is 0 Å². The van der Waals surface area contributed by atoms with Crippen LogP contribution in [-0.4, -0.2) is 37.7 Å². The molecule has 30 heavy (non-hydrogen) atoms. The number of aliphatic imine (C=N–C) groups is 1. The fourth-order valence-electron chi connectivity index (χ4n) is 3.30. The first-order valence-electron chi connectivity index (χ1n) is 9.88. The average Bonchev–Trinajstić information content (AvgIpc) is 2.68. The highest BCUT2D eigenvalue weighted by atomic mass is 127. The molecule has 1 aliphatic carbocycles. The Morgan fingerprint density at radius 2 is 1.93 bits per heavy atom. The summed E-state index contributed by atoms with van der Waals surface area (Å²) in [5, 5.41) is 6.34. The molecule has 6 nitrogen and oxygen atoms in total. The van der Waals surface area contributed by atoms with Crippen molar-refractivity contribution < 1.29 is 27.4 Å². The summed E-state index contributed by atoms with van der Waals surface area (Å²) in [6.07, 6.45) is 2.98. The summed E-state index contributed by atoms with van der Waals surface area (Å²) in [6.45, 7) is 1.45. The predicted molar refractivity (Wildman–Crippen MR) is 119 cm³/mol. The number of carbonyl (C=O) groups is 1. The maximum atomic E-state index is 14.1. The van der Waals surface area contributed by atoms with E-state index in [1.165, 1.54) is 18.2 Å². The Morgan fingerprint density at radius 3 is 2.53 bits per heavy atom. The average molecular weight is 543 g/mol. The van der Waals surface area contributed by atoms with E-state index in [0.717, 1.165) is 25.7 Å². The number of hydrogen-bond donors (Lipinski definition) is 2. The molecule has 1 aromatic carbocycles. The number of benzene rings is 1. The zero-order chi connectivity index (χ0) is 21.2. The van der Waals surface area contributed by atoms with Gasteiger partial charge in [-0.1, -0.05) is 6.07 Å². The lowest BCUT2D eigenvalue weighted by Gasteiger charge is -2.29. The van der Waals surface area contributed by atoms with Gasteiger partial charge in [-0.25, -0.2) is 9.38 Å². The lowest BCUT2D eigenvalue weighted by molar-refractivity contribution is -0.149. The molecule has 0 bridgehead atoms. The first-order chi connectivity index (χ1) is 13.9. The summed E-state index contributed by atoms with van der Waals surface area (Å²) in [5.41, 5.74) is -0.0315. The van der Waals surface area contributed by atoms with Gasteiger partial charge in [0.1, 0.15) is 11.6 Å². The van der Waals surface area contributed by atoms with E-state index in [4.69, 9.17) is 4.74 Å². The minimum atomic E-state index is -3.04. The molecule has 1 aliphatic rings. The smallest absolute Gasteiger partial charge is 0.387 e. The lowest BCUT2D eigenvalue weighted by atomic mass is 9.86. The monoisotopic (exact) mass is 543 g/mol. The topological polar surface area (TPSA) is 72.0 Å². The standard InChI is InChI=1S/C20H28F3N3O3.HI/c1-3-24-20(26-14-10-8-13(9-11-14)18(27)28-4-2)25-12-15-16(21)6-5-7-17(15)29-19(22)23;/h5-7,13-14,19H,3-4,8-12H2,1-2H3,(H2,24,25,26);1H. The summed E-state index contributed by atoms with van der Waals surface area (Å²) >= 11 is 0. The minimum absolute atomic E-state index is 0. The maximum absolute atomic E-state index is 14.1. The Hall–Kier alpha value is -1.72. The molecule has 1 aromatic rings. The molecule has 0 radical (unpaired) electrons. The van der Waals surface area contributed by atoms with Gasteiger partial charge < -0.3 is 20.1 Å². The van der Waals surface area contributed by atoms with E-state index in [9.17, 15) is 18.0 Å². The van der Waals surface area contributed by atoms with Gasteiger partial charge in [-0.15, -0.1) is 24.0 Å². The molecule has 10 heteroatoms. The number of carbonyl (C=O) groups excluding carboxylic acids is 1. The Bertz CT molecular complexity index is 699. The van der Waals surface area contributed by atoms with Gasteiger partial charge in [0.2, 0.25) is 0 Å². The largest absolute Gasteiger partial charge is 0.466 e. The van der Waals surface area contributed by atoms with Crippen LogP contribution in [0.2, 0.25) is 0 Å². The summed E-state index contributed by atoms with van der Waals surface area (Å²) in [6, 6.07) is 3.89. The summed E-state index contributed by atoms with van der Waals surface area (Å²) in [7, 11) is 0. The predicted octanol–water partition coefficient (Wildman–Crippen LogP) is 4.22. The molecule has 0 amide bonds. The number of nitrogens with one attached hydrogen (secondary N) is 2. The molecule has 0 unspecified atom stereocenters. The molecule has 0 aromatic heterocycles. The zero-order valence-corrected chi connectivity index (χ0v) is 19.5. The van der Waals surface area contributed by atoms with Crippen molar-refractivity contribution in [2.75, 3.05) is 13.2 Å². The Morgan fingerprint density at radius 1 is 1.23 bits per heavy atom. The number of guanidine groups is 1. The number of hydrogen-bond acceptors (Lipinski definition) is 4. The van der Waals surface area contributed by atoms with E-state index in [0.29, 0.717) is 19.1 Å². The molecule has 0 atom stereocenters. The van der Waals surface area contributed by atoms with Crippen LogP contribution in [0.25, 0.3) is 0 Å². The van der Waals surface area contributed by atoms with Gasteiger partial charge in [0.15, 0.2) is 5.96 Å². The number of esters is 1. The highest BCUT2D eigenvalue weighted by molar-refractivity contribution is 14.0. The third-order valence-corrected chi connectivity index (χ3v) is 4.72. The normalized spacial score (nSPS) is 19.1. The molecule has 0 saturated heterocycles. The summed E-state index contributed by atoms with van der Waals surface area (Å²) in [4.78, 5) is 16.2. The maximum Gasteiger partial charge on any atom is 0.387 e. The Labute approximate surface area is 192 Å². The summed E-state index contributed by atoms with van der Waals surface area (Å²) < 4.78 is 48.7. The van der Waals surface area contributed by atoms with Gasteiger partial charge in [-0.05, 0) is 51.7 Å². The fraction of sp³-hybridized carbons (Fsp3) is 0.600. The number of alkyl halides is 2. The van der Waals surface area contributed by atoms with Crippen molar-refractivity contribution in [3.63, 3.8) is 0 Å². The van der Waals surface area contributed by atoms with Crippen molar-refractivity contribution in [2.24, 2.45) is 10.9 Å². The molecule has 2 N–H and O–H groups in total. The number of rotatable bonds is 8. The molecular weight excluding hydrogens is 514 g/mol. The first kappa shape index (κ1) is 26.3. The molecule has 0 heterocycles. The van der Waals surface area contributed by atoms with E-state index in [2.05, 4.69) is 20.4 Å². The van der Waals surface area contributed by atoms with Crippen LogP contribution in [-0.2, 0) is 16.1 Å². The molecule has 170 valence electrons. The lowest BCUT2D eigenvalue weighted by Crippen LogP contribution is -2.45. The summed E-state index contributed by atoms with van der Waals surface area (Å²) in [5.74, 6) is -0.664. The van der Waals surface area contributed by atoms with Crippen molar-refractivity contribution in [1.29, 1.82) is 0 Å². The number of ether oxygens (including phenoxy) is 2. The van der Waals surface area contributed by atoms with E-state index < -0.39 is 12.4 Å². The highest BCUT2D eigenvalue weighted by Gasteiger charge is 2.27. The molecule has 1 saturated carbocycles. The zero-order valence-electron chi connectivity index (χ0n) is 17.1. The fourth-order valence-corrected chi connectivity index (χ4v) is 3.30. The first-order valence-corrected chi connectivity index (χ1v) is 9.88. The van der Waals surface area contributed by atoms with E-state index in [1.807, 2.05) is 6.92 Å². The van der Waals surface area contributed by atoms with Crippen molar-refractivity contribution >= 4 is 35.9 Å². The van der Waals surface area contributed by atoms with E-state index in [-0.39, 0.29) is 59.8 Å². The van der Waals surface area contributed by atoms with Crippen LogP contribution in [0.3, 0.4) is 0 Å². The van der Waals surface area contributed by atoms with Crippen LogP contribution < -0.4 is 15.4 Å². The van der Waals surface area contributed by atoms with Crippen LogP contribution in [0.5, 0.6) is 5.75 Å². The van der Waals surface area contributed by atoms with Crippen LogP contribution in [0, 0.1) is 11.7 Å². The third-order valence-electron chi connectivity index (χ3n) is 4.72. The third kappa shape index (κ3) is 8.19. The molecule has 2 rings (SSSR count). The van der Waals surface area contributed by atoms with Crippen molar-refractivity contribution in [3.8, 4) is 5.75 Å². The van der Waals surface area contributed by atoms with Crippen molar-refractivity contribution in [1.82, 2.24) is 10.6 Å². The van der Waals surface area contributed by atoms with Gasteiger partial charge in [0.05, 0.1) is 24.6 Å². The van der Waals surface area contributed by atoms with Gasteiger partial charge in [0, 0.05) is 12.6 Å². The SMILES string of the molecule is CCNC(=NCc1c(F)cccc1OC(F)F)NC1CCC(C(=O)OCC)CC1.I. The Balaban J connectivity index is 0.00000450. The second kappa shape index (κ2) is 13.6. The Kier molecular flexibility index (Phi) is 11.9. The van der Waals surface area contributed by atoms with Crippen LogP contribution >= 0.6 is 24.0 Å². The van der Waals surface area contributed by atoms with Crippen molar-refractivity contribution in [2.45, 2.75) is 58.7 Å². The van der Waals surface area contributed by atoms with Crippen LogP contribution in [0.1, 0.15) is 45.1 Å². The molecule has 0 spiro atoms. The highest BCUT2D eigenvalue weighted by Crippen LogP contribution is 2.26. The van der Waals surface area contributed by atoms with Crippen LogP contribution in [0.15, 0.2) is 23.2 Å². The number of nitrogens with zero attached hydrogens (tertiary/aromatic N) is 1. The van der Waals surface area contributed by atoms with Crippen LogP contribution in [0.4, 0.5) is 13.2 Å². The van der Waals surface area contributed by atoms with Crippen molar-refractivity contribution in [3.05, 3.63) is 29.6 Å². The van der Waals surface area contributed by atoms with Gasteiger partial charge in [-0.3, -0.25) is 4.79 Å².